The first-order chi connectivity index (χ1) is 12.3. The van der Waals surface area contributed by atoms with E-state index in [1.54, 1.807) is 24.5 Å². The summed E-state index contributed by atoms with van der Waals surface area (Å²) in [6, 6.07) is 14.8. The molecular formula is C19H16N2O4. The second kappa shape index (κ2) is 6.68. The lowest BCUT2D eigenvalue weighted by Gasteiger charge is -2.04. The summed E-state index contributed by atoms with van der Waals surface area (Å²) in [4.78, 5) is 16.7. The van der Waals surface area contributed by atoms with Crippen LogP contribution in [0.1, 0.15) is 16.1 Å². The van der Waals surface area contributed by atoms with Crippen LogP contribution in [0.4, 0.5) is 0 Å². The first-order valence-electron chi connectivity index (χ1n) is 7.97. The normalized spacial score (nSPS) is 12.2. The van der Waals surface area contributed by atoms with E-state index in [2.05, 4.69) is 10.3 Å². The molecule has 2 heterocycles. The van der Waals surface area contributed by atoms with Crippen molar-refractivity contribution in [3.8, 4) is 23.0 Å². The Hall–Kier alpha value is -3.28. The van der Waals surface area contributed by atoms with E-state index in [1.807, 2.05) is 30.3 Å². The fourth-order valence-corrected chi connectivity index (χ4v) is 2.58. The highest BCUT2D eigenvalue weighted by Crippen LogP contribution is 2.32. The second-order valence-corrected chi connectivity index (χ2v) is 5.58. The highest BCUT2D eigenvalue weighted by molar-refractivity contribution is 5.94. The highest BCUT2D eigenvalue weighted by Gasteiger charge is 2.16. The van der Waals surface area contributed by atoms with Gasteiger partial charge in [0.1, 0.15) is 6.26 Å². The van der Waals surface area contributed by atoms with Crippen LogP contribution in [0, 0.1) is 0 Å². The summed E-state index contributed by atoms with van der Waals surface area (Å²) < 4.78 is 16.0. The molecule has 126 valence electrons. The summed E-state index contributed by atoms with van der Waals surface area (Å²) in [5.41, 5.74) is 2.26. The minimum atomic E-state index is -0.162. The van der Waals surface area contributed by atoms with Gasteiger partial charge in [0.05, 0.1) is 5.69 Å². The van der Waals surface area contributed by atoms with Gasteiger partial charge in [0, 0.05) is 24.1 Å². The third-order valence-corrected chi connectivity index (χ3v) is 3.87. The van der Waals surface area contributed by atoms with Crippen molar-refractivity contribution in [1.82, 2.24) is 10.3 Å². The van der Waals surface area contributed by atoms with Gasteiger partial charge in [-0.25, -0.2) is 4.98 Å². The Morgan fingerprint density at radius 2 is 1.92 bits per heavy atom. The molecule has 0 fully saturated rings. The molecule has 6 nitrogen and oxygen atoms in total. The van der Waals surface area contributed by atoms with Gasteiger partial charge in [0.15, 0.2) is 11.5 Å². The van der Waals surface area contributed by atoms with Crippen LogP contribution in [0.2, 0.25) is 0 Å². The van der Waals surface area contributed by atoms with Crippen molar-refractivity contribution in [2.75, 3.05) is 13.3 Å². The topological polar surface area (TPSA) is 73.6 Å². The van der Waals surface area contributed by atoms with Crippen LogP contribution < -0.4 is 14.8 Å². The van der Waals surface area contributed by atoms with E-state index in [4.69, 9.17) is 13.9 Å². The maximum absolute atomic E-state index is 12.2. The van der Waals surface area contributed by atoms with Crippen LogP contribution in [-0.4, -0.2) is 24.2 Å². The SMILES string of the molecule is O=C(NCCc1coc(-c2ccccc2)n1)c1ccc2c(c1)OCO2. The molecule has 25 heavy (non-hydrogen) atoms. The Balaban J connectivity index is 1.33. The van der Waals surface area contributed by atoms with Crippen molar-refractivity contribution in [2.24, 2.45) is 0 Å². The number of amides is 1. The van der Waals surface area contributed by atoms with E-state index in [9.17, 15) is 4.79 Å². The van der Waals surface area contributed by atoms with Gasteiger partial charge >= 0.3 is 0 Å². The molecule has 1 aliphatic heterocycles. The van der Waals surface area contributed by atoms with E-state index in [0.717, 1.165) is 11.3 Å². The van der Waals surface area contributed by atoms with Gasteiger partial charge in [-0.05, 0) is 30.3 Å². The minimum Gasteiger partial charge on any atom is -0.454 e. The highest BCUT2D eigenvalue weighted by atomic mass is 16.7. The number of carbonyl (C=O) groups excluding carboxylic acids is 1. The summed E-state index contributed by atoms with van der Waals surface area (Å²) in [6.45, 7) is 0.657. The number of hydrogen-bond donors (Lipinski definition) is 1. The van der Waals surface area contributed by atoms with Gasteiger partial charge in [-0.2, -0.15) is 0 Å². The van der Waals surface area contributed by atoms with Gasteiger partial charge in [-0.3, -0.25) is 4.79 Å². The fraction of sp³-hybridized carbons (Fsp3) is 0.158. The maximum atomic E-state index is 12.2. The average molecular weight is 336 g/mol. The summed E-state index contributed by atoms with van der Waals surface area (Å²) in [5.74, 6) is 1.67. The molecular weight excluding hydrogens is 320 g/mol. The number of nitrogens with one attached hydrogen (secondary N) is 1. The van der Waals surface area contributed by atoms with Crippen molar-refractivity contribution in [3.05, 3.63) is 66.1 Å². The number of ether oxygens (including phenoxy) is 2. The average Bonchev–Trinajstić information content (AvgIpc) is 3.31. The van der Waals surface area contributed by atoms with Crippen LogP contribution >= 0.6 is 0 Å². The molecule has 0 unspecified atom stereocenters. The first-order valence-corrected chi connectivity index (χ1v) is 7.97. The lowest BCUT2D eigenvalue weighted by Crippen LogP contribution is -2.25. The lowest BCUT2D eigenvalue weighted by molar-refractivity contribution is 0.0953. The molecule has 1 amide bonds. The standard InChI is InChI=1S/C19H16N2O4/c22-18(14-6-7-16-17(10-14)25-12-24-16)20-9-8-15-11-23-19(21-15)13-4-2-1-3-5-13/h1-7,10-11H,8-9,12H2,(H,20,22). The lowest BCUT2D eigenvalue weighted by atomic mass is 10.2. The molecule has 0 radical (unpaired) electrons. The zero-order chi connectivity index (χ0) is 17.1. The summed E-state index contributed by atoms with van der Waals surface area (Å²) in [7, 11) is 0. The number of nitrogens with zero attached hydrogens (tertiary/aromatic N) is 1. The number of carbonyl (C=O) groups is 1. The van der Waals surface area contributed by atoms with Gasteiger partial charge in [0.25, 0.3) is 5.91 Å². The van der Waals surface area contributed by atoms with Crippen LogP contribution in [-0.2, 0) is 6.42 Å². The van der Waals surface area contributed by atoms with E-state index < -0.39 is 0 Å². The summed E-state index contributed by atoms with van der Waals surface area (Å²) in [5, 5.41) is 2.87. The molecule has 0 aliphatic carbocycles. The summed E-state index contributed by atoms with van der Waals surface area (Å²) in [6.07, 6.45) is 2.21. The molecule has 0 saturated heterocycles. The van der Waals surface area contributed by atoms with Gasteiger partial charge < -0.3 is 19.2 Å². The molecule has 0 atom stereocenters. The summed E-state index contributed by atoms with van der Waals surface area (Å²) >= 11 is 0. The monoisotopic (exact) mass is 336 g/mol. The molecule has 1 aromatic heterocycles. The molecule has 1 N–H and O–H groups in total. The quantitative estimate of drug-likeness (QED) is 0.775. The fourth-order valence-electron chi connectivity index (χ4n) is 2.58. The number of rotatable bonds is 5. The smallest absolute Gasteiger partial charge is 0.251 e. The van der Waals surface area contributed by atoms with Crippen LogP contribution in [0.15, 0.2) is 59.2 Å². The van der Waals surface area contributed by atoms with Crippen molar-refractivity contribution in [2.45, 2.75) is 6.42 Å². The van der Waals surface area contributed by atoms with E-state index in [-0.39, 0.29) is 12.7 Å². The van der Waals surface area contributed by atoms with Gasteiger partial charge in [-0.15, -0.1) is 0 Å². The van der Waals surface area contributed by atoms with Crippen LogP contribution in [0.5, 0.6) is 11.5 Å². The predicted octanol–water partition coefficient (Wildman–Crippen LogP) is 3.04. The van der Waals surface area contributed by atoms with Crippen molar-refractivity contribution in [3.63, 3.8) is 0 Å². The Kier molecular flexibility index (Phi) is 4.08. The molecule has 3 aromatic rings. The number of hydrogen-bond acceptors (Lipinski definition) is 5. The first kappa shape index (κ1) is 15.3. The zero-order valence-electron chi connectivity index (χ0n) is 13.4. The van der Waals surface area contributed by atoms with E-state index in [0.29, 0.717) is 35.9 Å². The number of benzene rings is 2. The van der Waals surface area contributed by atoms with Crippen LogP contribution in [0.25, 0.3) is 11.5 Å². The number of aromatic nitrogens is 1. The molecule has 0 saturated carbocycles. The van der Waals surface area contributed by atoms with Crippen LogP contribution in [0.3, 0.4) is 0 Å². The largest absolute Gasteiger partial charge is 0.454 e. The number of oxazole rings is 1. The van der Waals surface area contributed by atoms with Crippen molar-refractivity contribution in [1.29, 1.82) is 0 Å². The Bertz CT molecular complexity index is 889. The van der Waals surface area contributed by atoms with E-state index in [1.165, 1.54) is 0 Å². The molecule has 6 heteroatoms. The number of fused-ring (bicyclic) bond motifs is 1. The Morgan fingerprint density at radius 1 is 1.08 bits per heavy atom. The molecule has 4 rings (SSSR count). The van der Waals surface area contributed by atoms with Gasteiger partial charge in [-0.1, -0.05) is 18.2 Å². The van der Waals surface area contributed by atoms with Crippen molar-refractivity contribution < 1.29 is 18.7 Å². The minimum absolute atomic E-state index is 0.162. The molecule has 0 spiro atoms. The molecule has 1 aliphatic rings. The third-order valence-electron chi connectivity index (χ3n) is 3.87. The van der Waals surface area contributed by atoms with Crippen molar-refractivity contribution >= 4 is 5.91 Å². The third kappa shape index (κ3) is 3.33. The Labute approximate surface area is 144 Å². The Morgan fingerprint density at radius 3 is 2.80 bits per heavy atom. The maximum Gasteiger partial charge on any atom is 0.251 e. The zero-order valence-corrected chi connectivity index (χ0v) is 13.4. The predicted molar refractivity (Wildman–Crippen MR) is 90.5 cm³/mol. The van der Waals surface area contributed by atoms with E-state index >= 15 is 0 Å². The molecule has 0 bridgehead atoms. The van der Waals surface area contributed by atoms with Gasteiger partial charge in [0.2, 0.25) is 12.7 Å². The molecule has 2 aromatic carbocycles. The second-order valence-electron chi connectivity index (χ2n) is 5.58.